The van der Waals surface area contributed by atoms with E-state index in [1.807, 2.05) is 4.90 Å². The highest BCUT2D eigenvalue weighted by atomic mass is 35.5. The normalized spacial score (nSPS) is 19.8. The molecule has 7 nitrogen and oxygen atoms in total. The predicted molar refractivity (Wildman–Crippen MR) is 130 cm³/mol. The number of carbonyl (C=O) groups is 1. The molecule has 2 aromatic rings. The van der Waals surface area contributed by atoms with Crippen molar-refractivity contribution in [2.75, 3.05) is 51.3 Å². The molecule has 4 rings (SSSR count). The summed E-state index contributed by atoms with van der Waals surface area (Å²) in [5.74, 6) is -0.213. The highest BCUT2D eigenvalue weighted by molar-refractivity contribution is 7.89. The third-order valence-electron chi connectivity index (χ3n) is 6.49. The number of hydrogen-bond donors (Lipinski definition) is 0. The predicted octanol–water partition coefficient (Wildman–Crippen LogP) is 3.87. The summed E-state index contributed by atoms with van der Waals surface area (Å²) in [4.78, 5) is 16.6. The number of methoxy groups -OCH3 is 1. The van der Waals surface area contributed by atoms with Gasteiger partial charge in [-0.05, 0) is 49.1 Å². The number of rotatable bonds is 5. The standard InChI is InChI=1S/C24H29ClFN3O4S/c1-17-5-4-10-29(16-17)34(31,32)18-8-9-22(33-2)21(15-18)27-11-13-28(14-12-27)24(30)23-19(25)6-3-7-20(23)26/h3,6-9,15,17H,4-5,10-14,16H2,1-2H3/t17-/m1/s1. The number of carbonyl (C=O) groups excluding carboxylic acids is 1. The molecule has 0 unspecified atom stereocenters. The Labute approximate surface area is 205 Å². The Balaban J connectivity index is 1.53. The molecule has 2 saturated heterocycles. The van der Waals surface area contributed by atoms with Crippen molar-refractivity contribution in [3.63, 3.8) is 0 Å². The number of benzene rings is 2. The fraction of sp³-hybridized carbons (Fsp3) is 0.458. The number of piperidine rings is 1. The summed E-state index contributed by atoms with van der Waals surface area (Å²) in [7, 11) is -2.08. The van der Waals surface area contributed by atoms with Crippen molar-refractivity contribution in [3.05, 3.63) is 52.8 Å². The lowest BCUT2D eigenvalue weighted by atomic mass is 10.0. The Kier molecular flexibility index (Phi) is 7.35. The molecule has 0 saturated carbocycles. The van der Waals surface area contributed by atoms with Crippen molar-refractivity contribution < 1.29 is 22.3 Å². The average molecular weight is 510 g/mol. The third kappa shape index (κ3) is 4.87. The molecular formula is C24H29ClFN3O4S. The first-order chi connectivity index (χ1) is 16.2. The second-order valence-electron chi connectivity index (χ2n) is 8.82. The van der Waals surface area contributed by atoms with Gasteiger partial charge in [-0.2, -0.15) is 4.31 Å². The molecule has 184 valence electrons. The van der Waals surface area contributed by atoms with Crippen molar-refractivity contribution >= 4 is 33.2 Å². The molecule has 2 aliphatic heterocycles. The third-order valence-corrected chi connectivity index (χ3v) is 8.67. The Morgan fingerprint density at radius 1 is 1.12 bits per heavy atom. The van der Waals surface area contributed by atoms with Crippen molar-refractivity contribution in [2.24, 2.45) is 5.92 Å². The number of piperazine rings is 1. The van der Waals surface area contributed by atoms with Crippen molar-refractivity contribution in [3.8, 4) is 5.75 Å². The number of sulfonamides is 1. The smallest absolute Gasteiger partial charge is 0.258 e. The van der Waals surface area contributed by atoms with Gasteiger partial charge >= 0.3 is 0 Å². The summed E-state index contributed by atoms with van der Waals surface area (Å²) in [6.45, 7) is 4.67. The summed E-state index contributed by atoms with van der Waals surface area (Å²) in [5.41, 5.74) is 0.531. The monoisotopic (exact) mass is 509 g/mol. The second-order valence-corrected chi connectivity index (χ2v) is 11.2. The number of halogens is 2. The fourth-order valence-corrected chi connectivity index (χ4v) is 6.46. The first-order valence-corrected chi connectivity index (χ1v) is 13.2. The van der Waals surface area contributed by atoms with Crippen LogP contribution in [0.4, 0.5) is 10.1 Å². The van der Waals surface area contributed by atoms with Gasteiger partial charge in [0.25, 0.3) is 5.91 Å². The van der Waals surface area contributed by atoms with Crippen LogP contribution < -0.4 is 9.64 Å². The van der Waals surface area contributed by atoms with Crippen LogP contribution in [0.5, 0.6) is 5.75 Å². The van der Waals surface area contributed by atoms with Gasteiger partial charge in [0, 0.05) is 39.3 Å². The lowest BCUT2D eigenvalue weighted by Gasteiger charge is -2.37. The summed E-state index contributed by atoms with van der Waals surface area (Å²) in [6, 6.07) is 9.08. The minimum Gasteiger partial charge on any atom is -0.495 e. The molecule has 0 spiro atoms. The van der Waals surface area contributed by atoms with Crippen LogP contribution in [-0.2, 0) is 10.0 Å². The molecule has 34 heavy (non-hydrogen) atoms. The number of nitrogens with zero attached hydrogens (tertiary/aromatic N) is 3. The van der Waals surface area contributed by atoms with Crippen LogP contribution in [0, 0.1) is 11.7 Å². The van der Waals surface area contributed by atoms with Gasteiger partial charge in [-0.1, -0.05) is 24.6 Å². The van der Waals surface area contributed by atoms with E-state index in [0.717, 1.165) is 12.8 Å². The first kappa shape index (κ1) is 24.8. The Morgan fingerprint density at radius 2 is 1.85 bits per heavy atom. The van der Waals surface area contributed by atoms with Crippen molar-refractivity contribution in [1.82, 2.24) is 9.21 Å². The van der Waals surface area contributed by atoms with Crippen LogP contribution in [0.25, 0.3) is 0 Å². The van der Waals surface area contributed by atoms with E-state index in [1.165, 1.54) is 18.2 Å². The van der Waals surface area contributed by atoms with Crippen LogP contribution in [0.3, 0.4) is 0 Å². The maximum absolute atomic E-state index is 14.2. The van der Waals surface area contributed by atoms with Gasteiger partial charge in [-0.25, -0.2) is 12.8 Å². The highest BCUT2D eigenvalue weighted by Crippen LogP contribution is 2.34. The molecule has 0 bridgehead atoms. The second kappa shape index (κ2) is 10.1. The molecule has 1 amide bonds. The zero-order chi connectivity index (χ0) is 24.5. The Hall–Kier alpha value is -2.36. The Morgan fingerprint density at radius 3 is 2.50 bits per heavy atom. The summed E-state index contributed by atoms with van der Waals surface area (Å²) < 4.78 is 47.9. The highest BCUT2D eigenvalue weighted by Gasteiger charge is 2.31. The lowest BCUT2D eigenvalue weighted by molar-refractivity contribution is 0.0742. The molecule has 10 heteroatoms. The lowest BCUT2D eigenvalue weighted by Crippen LogP contribution is -2.49. The maximum atomic E-state index is 14.2. The molecule has 2 fully saturated rings. The van der Waals surface area contributed by atoms with Crippen LogP contribution in [-0.4, -0.2) is 69.9 Å². The largest absolute Gasteiger partial charge is 0.495 e. The van der Waals surface area contributed by atoms with E-state index in [4.69, 9.17) is 16.3 Å². The number of anilines is 1. The quantitative estimate of drug-likeness (QED) is 0.612. The van der Waals surface area contributed by atoms with Crippen LogP contribution >= 0.6 is 11.6 Å². The van der Waals surface area contributed by atoms with E-state index >= 15 is 0 Å². The van der Waals surface area contributed by atoms with E-state index in [0.29, 0.717) is 56.6 Å². The number of hydrogen-bond acceptors (Lipinski definition) is 5. The molecule has 0 aliphatic carbocycles. The number of amides is 1. The molecule has 2 aliphatic rings. The maximum Gasteiger partial charge on any atom is 0.258 e. The summed E-state index contributed by atoms with van der Waals surface area (Å²) in [6.07, 6.45) is 1.88. The van der Waals surface area contributed by atoms with E-state index < -0.39 is 21.7 Å². The van der Waals surface area contributed by atoms with Crippen molar-refractivity contribution in [1.29, 1.82) is 0 Å². The Bertz CT molecular complexity index is 1150. The number of ether oxygens (including phenoxy) is 1. The van der Waals surface area contributed by atoms with Gasteiger partial charge in [0.1, 0.15) is 11.6 Å². The molecule has 0 N–H and O–H groups in total. The van der Waals surface area contributed by atoms with Gasteiger partial charge in [0.05, 0.1) is 28.3 Å². The van der Waals surface area contributed by atoms with Crippen LogP contribution in [0.1, 0.15) is 30.1 Å². The SMILES string of the molecule is COc1ccc(S(=O)(=O)N2CCC[C@@H](C)C2)cc1N1CCN(C(=O)c2c(F)cccc2Cl)CC1. The van der Waals surface area contributed by atoms with Crippen LogP contribution in [0.2, 0.25) is 5.02 Å². The minimum atomic E-state index is -3.62. The zero-order valence-corrected chi connectivity index (χ0v) is 20.9. The summed E-state index contributed by atoms with van der Waals surface area (Å²) in [5, 5.41) is 0.0824. The average Bonchev–Trinajstić information content (AvgIpc) is 2.83. The molecule has 2 heterocycles. The zero-order valence-electron chi connectivity index (χ0n) is 19.3. The molecular weight excluding hydrogens is 481 g/mol. The van der Waals surface area contributed by atoms with E-state index in [9.17, 15) is 17.6 Å². The minimum absolute atomic E-state index is 0.0824. The van der Waals surface area contributed by atoms with Crippen molar-refractivity contribution in [2.45, 2.75) is 24.7 Å². The topological polar surface area (TPSA) is 70.2 Å². The molecule has 1 atom stereocenters. The van der Waals surface area contributed by atoms with E-state index in [-0.39, 0.29) is 15.5 Å². The first-order valence-electron chi connectivity index (χ1n) is 11.4. The summed E-state index contributed by atoms with van der Waals surface area (Å²) >= 11 is 6.07. The van der Waals surface area contributed by atoms with Gasteiger partial charge in [0.15, 0.2) is 0 Å². The van der Waals surface area contributed by atoms with E-state index in [2.05, 4.69) is 6.92 Å². The van der Waals surface area contributed by atoms with Gasteiger partial charge in [-0.15, -0.1) is 0 Å². The van der Waals surface area contributed by atoms with Gasteiger partial charge < -0.3 is 14.5 Å². The molecule has 0 aromatic heterocycles. The van der Waals surface area contributed by atoms with Gasteiger partial charge in [0.2, 0.25) is 10.0 Å². The fourth-order valence-electron chi connectivity index (χ4n) is 4.60. The van der Waals surface area contributed by atoms with Gasteiger partial charge in [-0.3, -0.25) is 4.79 Å². The van der Waals surface area contributed by atoms with E-state index in [1.54, 1.807) is 34.5 Å². The molecule has 2 aromatic carbocycles. The van der Waals surface area contributed by atoms with Crippen LogP contribution in [0.15, 0.2) is 41.3 Å². The molecule has 0 radical (unpaired) electrons.